The van der Waals surface area contributed by atoms with Gasteiger partial charge in [0.25, 0.3) is 5.56 Å². The van der Waals surface area contributed by atoms with Gasteiger partial charge in [-0.2, -0.15) is 5.10 Å². The fourth-order valence-electron chi connectivity index (χ4n) is 6.51. The first-order valence-corrected chi connectivity index (χ1v) is 14.9. The summed E-state index contributed by atoms with van der Waals surface area (Å²) < 4.78 is 6.92. The van der Waals surface area contributed by atoms with Crippen LogP contribution >= 0.6 is 11.6 Å². The van der Waals surface area contributed by atoms with E-state index in [4.69, 9.17) is 26.3 Å². The van der Waals surface area contributed by atoms with Gasteiger partial charge in [0.1, 0.15) is 11.5 Å². The Hall–Kier alpha value is -4.87. The molecule has 7 rings (SSSR count). The fraction of sp³-hybridized carbons (Fsp3) is 0.273. The first-order valence-electron chi connectivity index (χ1n) is 14.6. The zero-order chi connectivity index (χ0) is 31.4. The number of nitrogens with zero attached hydrogens (tertiary/aromatic N) is 6. The lowest BCUT2D eigenvalue weighted by Crippen LogP contribution is -2.26. The average Bonchev–Trinajstić information content (AvgIpc) is 3.56. The second kappa shape index (κ2) is 11.2. The summed E-state index contributed by atoms with van der Waals surface area (Å²) in [6.45, 7) is 4.00. The number of carbonyl (C=O) groups is 1. The number of likely N-dealkylation sites (tertiary alicyclic amines) is 1. The molecule has 1 aliphatic heterocycles. The van der Waals surface area contributed by atoms with Crippen LogP contribution in [0.2, 0.25) is 5.02 Å². The highest BCUT2D eigenvalue weighted by molar-refractivity contribution is 6.36. The van der Waals surface area contributed by atoms with Gasteiger partial charge in [-0.15, -0.1) is 0 Å². The van der Waals surface area contributed by atoms with Crippen LogP contribution < -0.4 is 15.6 Å². The predicted octanol–water partition coefficient (Wildman–Crippen LogP) is 4.93. The highest BCUT2D eigenvalue weighted by Gasteiger charge is 2.59. The van der Waals surface area contributed by atoms with Crippen LogP contribution in [0.3, 0.4) is 0 Å². The number of carboxylic acids is 1. The van der Waals surface area contributed by atoms with E-state index in [1.165, 1.54) is 4.68 Å². The van der Waals surface area contributed by atoms with Gasteiger partial charge in [0.2, 0.25) is 5.88 Å². The number of halogens is 1. The maximum atomic E-state index is 12.9. The van der Waals surface area contributed by atoms with Crippen molar-refractivity contribution in [3.05, 3.63) is 87.7 Å². The van der Waals surface area contributed by atoms with Gasteiger partial charge >= 0.3 is 5.97 Å². The molecule has 1 saturated heterocycles. The van der Waals surface area contributed by atoms with E-state index in [1.54, 1.807) is 38.8 Å². The van der Waals surface area contributed by atoms with E-state index < -0.39 is 5.97 Å². The van der Waals surface area contributed by atoms with Crippen molar-refractivity contribution in [1.29, 1.82) is 0 Å². The molecule has 0 radical (unpaired) electrons. The summed E-state index contributed by atoms with van der Waals surface area (Å²) in [5, 5.41) is 18.5. The summed E-state index contributed by atoms with van der Waals surface area (Å²) in [6.07, 6.45) is 4.99. The van der Waals surface area contributed by atoms with Crippen molar-refractivity contribution in [2.75, 3.05) is 25.5 Å². The van der Waals surface area contributed by atoms with Crippen LogP contribution in [0.15, 0.2) is 65.8 Å². The molecular formula is C33H30ClN7O4. The molecule has 2 atom stereocenters. The van der Waals surface area contributed by atoms with Gasteiger partial charge in [0.05, 0.1) is 41.5 Å². The number of methoxy groups -OCH3 is 1. The van der Waals surface area contributed by atoms with Crippen LogP contribution in [-0.2, 0) is 18.4 Å². The van der Waals surface area contributed by atoms with Gasteiger partial charge in [-0.3, -0.25) is 19.5 Å². The van der Waals surface area contributed by atoms with E-state index in [9.17, 15) is 14.7 Å². The summed E-state index contributed by atoms with van der Waals surface area (Å²) in [4.78, 5) is 40.4. The number of fused-ring (bicyclic) bond motifs is 2. The molecule has 45 heavy (non-hydrogen) atoms. The van der Waals surface area contributed by atoms with Crippen LogP contribution in [0.5, 0.6) is 5.88 Å². The molecule has 5 aromatic rings. The number of hydrogen-bond acceptors (Lipinski definition) is 9. The first-order chi connectivity index (χ1) is 21.7. The monoisotopic (exact) mass is 623 g/mol. The van der Waals surface area contributed by atoms with Gasteiger partial charge < -0.3 is 15.2 Å². The third-order valence-corrected chi connectivity index (χ3v) is 9.35. The number of piperidine rings is 1. The summed E-state index contributed by atoms with van der Waals surface area (Å²) in [5.74, 6) is 0.379. The molecule has 2 fully saturated rings. The molecule has 0 bridgehead atoms. The van der Waals surface area contributed by atoms with Crippen LogP contribution in [0.4, 0.5) is 11.5 Å². The first kappa shape index (κ1) is 28.9. The Morgan fingerprint density at radius 2 is 1.80 bits per heavy atom. The number of carboxylic acid groups (broad SMARTS) is 1. The Morgan fingerprint density at radius 3 is 2.56 bits per heavy atom. The minimum absolute atomic E-state index is 0.215. The topological polar surface area (TPSA) is 135 Å². The number of hydrogen-bond donors (Lipinski definition) is 2. The maximum absolute atomic E-state index is 12.9. The highest BCUT2D eigenvalue weighted by Crippen LogP contribution is 2.52. The molecule has 0 spiro atoms. The molecule has 2 aromatic carbocycles. The van der Waals surface area contributed by atoms with Crippen LogP contribution in [-0.4, -0.2) is 60.9 Å². The van der Waals surface area contributed by atoms with E-state index in [2.05, 4.69) is 20.3 Å². The van der Waals surface area contributed by atoms with Crippen molar-refractivity contribution < 1.29 is 14.6 Å². The van der Waals surface area contributed by atoms with Crippen LogP contribution in [0, 0.1) is 24.7 Å². The second-order valence-corrected chi connectivity index (χ2v) is 11.9. The Bertz CT molecular complexity index is 2040. The number of aliphatic carboxylic acids is 1. The third-order valence-electron chi connectivity index (χ3n) is 8.95. The molecule has 0 amide bonds. The largest absolute Gasteiger partial charge is 0.481 e. The number of ether oxygens (including phenoxy) is 1. The van der Waals surface area contributed by atoms with Crippen LogP contribution in [0.1, 0.15) is 11.3 Å². The molecule has 2 aliphatic rings. The Morgan fingerprint density at radius 1 is 1.07 bits per heavy atom. The Labute approximate surface area is 263 Å². The van der Waals surface area contributed by atoms with Crippen molar-refractivity contribution in [2.45, 2.75) is 13.5 Å². The quantitative estimate of drug-likeness (QED) is 0.245. The lowest BCUT2D eigenvalue weighted by Gasteiger charge is -2.19. The normalized spacial score (nSPS) is 19.0. The van der Waals surface area contributed by atoms with Gasteiger partial charge in [-0.25, -0.2) is 14.6 Å². The number of aromatic nitrogens is 5. The van der Waals surface area contributed by atoms with Crippen molar-refractivity contribution in [2.24, 2.45) is 24.8 Å². The summed E-state index contributed by atoms with van der Waals surface area (Å²) in [5.41, 5.74) is 5.18. The number of aryl methyl sites for hydroxylation is 1. The molecular weight excluding hydrogens is 594 g/mol. The van der Waals surface area contributed by atoms with Gasteiger partial charge in [0, 0.05) is 55.1 Å². The third kappa shape index (κ3) is 5.07. The number of nitrogens with one attached hydrogen (secondary N) is 1. The van der Waals surface area contributed by atoms with E-state index in [0.717, 1.165) is 35.5 Å². The number of benzene rings is 2. The molecule has 228 valence electrons. The standard InChI is InChI=1S/C33H30ClN7O4/c1-17-19(6-5-9-24(17)38-30-27-18(10-11-35-30)12-37-40(2)32(27)42)20-7-4-8-21(29(20)34)25-13-36-26(31(39-25)45-3)16-41-14-22-23(15-41)28(22)33(43)44/h4-13,22-23,28H,14-16H2,1-3H3,(H,35,38)(H,43,44). The van der Waals surface area contributed by atoms with E-state index >= 15 is 0 Å². The summed E-state index contributed by atoms with van der Waals surface area (Å²) in [7, 11) is 3.18. The zero-order valence-corrected chi connectivity index (χ0v) is 25.6. The fourth-order valence-corrected chi connectivity index (χ4v) is 6.84. The molecule has 11 nitrogen and oxygen atoms in total. The molecule has 12 heteroatoms. The number of anilines is 2. The molecule has 1 aliphatic carbocycles. The molecule has 2 N–H and O–H groups in total. The molecule has 2 unspecified atom stereocenters. The van der Waals surface area contributed by atoms with Crippen molar-refractivity contribution in [3.63, 3.8) is 0 Å². The van der Waals surface area contributed by atoms with E-state index in [0.29, 0.717) is 51.0 Å². The second-order valence-electron chi connectivity index (χ2n) is 11.6. The van der Waals surface area contributed by atoms with Crippen molar-refractivity contribution in [3.8, 4) is 28.3 Å². The molecule has 1 saturated carbocycles. The van der Waals surface area contributed by atoms with Crippen LogP contribution in [0.25, 0.3) is 33.2 Å². The van der Waals surface area contributed by atoms with E-state index in [-0.39, 0.29) is 23.3 Å². The minimum Gasteiger partial charge on any atom is -0.481 e. The summed E-state index contributed by atoms with van der Waals surface area (Å²) >= 11 is 7.06. The number of rotatable bonds is 8. The molecule has 4 heterocycles. The Kier molecular flexibility index (Phi) is 7.22. The Balaban J connectivity index is 1.17. The summed E-state index contributed by atoms with van der Waals surface area (Å²) in [6, 6.07) is 13.4. The minimum atomic E-state index is -0.699. The van der Waals surface area contributed by atoms with E-state index in [1.807, 2.05) is 43.3 Å². The SMILES string of the molecule is COc1nc(-c2cccc(-c3cccc(Nc4nccc5cnn(C)c(=O)c45)c3C)c2Cl)cnc1CN1CC2C(C1)C2C(=O)O. The van der Waals surface area contributed by atoms with Crippen molar-refractivity contribution >= 4 is 39.8 Å². The lowest BCUT2D eigenvalue weighted by molar-refractivity contribution is -0.139. The highest BCUT2D eigenvalue weighted by atomic mass is 35.5. The molecule has 3 aromatic heterocycles. The average molecular weight is 624 g/mol. The van der Waals surface area contributed by atoms with Gasteiger partial charge in [-0.1, -0.05) is 41.9 Å². The smallest absolute Gasteiger partial charge is 0.307 e. The zero-order valence-electron chi connectivity index (χ0n) is 24.9. The van der Waals surface area contributed by atoms with Gasteiger partial charge in [0.15, 0.2) is 0 Å². The predicted molar refractivity (Wildman–Crippen MR) is 171 cm³/mol. The van der Waals surface area contributed by atoms with Crippen molar-refractivity contribution in [1.82, 2.24) is 29.6 Å². The lowest BCUT2D eigenvalue weighted by atomic mass is 9.96. The maximum Gasteiger partial charge on any atom is 0.307 e. The number of pyridine rings is 1. The van der Waals surface area contributed by atoms with Gasteiger partial charge in [-0.05, 0) is 42.0 Å².